The predicted molar refractivity (Wildman–Crippen MR) is 195 cm³/mol. The summed E-state index contributed by atoms with van der Waals surface area (Å²) in [4.78, 5) is 34.1. The maximum atomic E-state index is 12.6. The molecule has 0 aliphatic carbocycles. The second-order valence-corrected chi connectivity index (χ2v) is 14.7. The number of hydrogen-bond donors (Lipinski definition) is 3. The quantitative estimate of drug-likeness (QED) is 0.0245. The van der Waals surface area contributed by atoms with Crippen molar-refractivity contribution in [2.24, 2.45) is 5.73 Å². The van der Waals surface area contributed by atoms with Crippen LogP contribution in [0, 0.1) is 0 Å². The molecule has 0 aliphatic rings. The maximum Gasteiger partial charge on any atom is 0.472 e. The summed E-state index contributed by atoms with van der Waals surface area (Å²) in [6, 6.07) is -0.869. The van der Waals surface area contributed by atoms with Crippen molar-refractivity contribution in [3.05, 3.63) is 12.3 Å². The van der Waals surface area contributed by atoms with Gasteiger partial charge < -0.3 is 29.9 Å². The summed E-state index contributed by atoms with van der Waals surface area (Å²) in [5, 5.41) is 9.91. The number of aliphatic hydroxyl groups excluding tert-OH is 1. The van der Waals surface area contributed by atoms with E-state index in [9.17, 15) is 24.2 Å². The summed E-state index contributed by atoms with van der Waals surface area (Å²) in [6.45, 7) is 4.30. The summed E-state index contributed by atoms with van der Waals surface area (Å²) in [5.74, 6) is -1.15. The molecule has 2 unspecified atom stereocenters. The van der Waals surface area contributed by atoms with Crippen LogP contribution in [-0.2, 0) is 37.4 Å². The molecule has 0 radical (unpaired) electrons. The highest BCUT2D eigenvalue weighted by Crippen LogP contribution is 2.43. The van der Waals surface area contributed by atoms with Crippen LogP contribution in [0.3, 0.4) is 0 Å². The normalized spacial score (nSPS) is 14.7. The van der Waals surface area contributed by atoms with Gasteiger partial charge >= 0.3 is 19.8 Å². The van der Waals surface area contributed by atoms with Crippen molar-refractivity contribution in [3.8, 4) is 0 Å². The van der Waals surface area contributed by atoms with Gasteiger partial charge in [0.25, 0.3) is 0 Å². The number of phosphoric acid groups is 1. The Morgan fingerprint density at radius 3 is 1.67 bits per heavy atom. The largest absolute Gasteiger partial charge is 0.498 e. The Balaban J connectivity index is 4.54. The average molecular weight is 722 g/mol. The third kappa shape index (κ3) is 33.4. The summed E-state index contributed by atoms with van der Waals surface area (Å²) in [7, 11) is -4.62. The van der Waals surface area contributed by atoms with Crippen LogP contribution in [0.2, 0.25) is 0 Å². The van der Waals surface area contributed by atoms with Gasteiger partial charge in [0.2, 0.25) is 0 Å². The minimum absolute atomic E-state index is 0.0611. The first-order valence-electron chi connectivity index (χ1n) is 19.3. The van der Waals surface area contributed by atoms with Crippen LogP contribution in [0.4, 0.5) is 0 Å². The highest BCUT2D eigenvalue weighted by Gasteiger charge is 2.27. The van der Waals surface area contributed by atoms with Crippen LogP contribution in [-0.4, -0.2) is 66.6 Å². The predicted octanol–water partition coefficient (Wildman–Crippen LogP) is 8.83. The zero-order valence-electron chi connectivity index (χ0n) is 31.2. The third-order valence-electron chi connectivity index (χ3n) is 8.12. The number of allylic oxidation sites excluding steroid dienone is 1. The Morgan fingerprint density at radius 1 is 0.694 bits per heavy atom. The first-order chi connectivity index (χ1) is 23.6. The monoisotopic (exact) mass is 721 g/mol. The number of carbonyl (C=O) groups excluding carboxylic acids is 2. The molecule has 4 atom stereocenters. The zero-order valence-corrected chi connectivity index (χ0v) is 32.1. The molecule has 0 amide bonds. The molecule has 0 aromatic rings. The molecule has 0 aliphatic heterocycles. The Bertz CT molecular complexity index is 857. The minimum Gasteiger partial charge on any atom is -0.498 e. The van der Waals surface area contributed by atoms with E-state index in [0.717, 1.165) is 32.1 Å². The Labute approximate surface area is 298 Å². The first kappa shape index (κ1) is 47.5. The molecule has 11 nitrogen and oxygen atoms in total. The smallest absolute Gasteiger partial charge is 0.472 e. The van der Waals surface area contributed by atoms with Crippen molar-refractivity contribution in [3.63, 3.8) is 0 Å². The van der Waals surface area contributed by atoms with E-state index in [4.69, 9.17) is 29.0 Å². The second kappa shape index (κ2) is 33.6. The highest BCUT2D eigenvalue weighted by molar-refractivity contribution is 7.47. The molecular weight excluding hydrogens is 649 g/mol. The van der Waals surface area contributed by atoms with Gasteiger partial charge in [-0.1, -0.05) is 136 Å². The molecule has 0 saturated heterocycles. The van der Waals surface area contributed by atoms with E-state index in [0.29, 0.717) is 6.42 Å². The van der Waals surface area contributed by atoms with E-state index >= 15 is 0 Å². The minimum atomic E-state index is -4.62. The fraction of sp³-hybridized carbons (Fsp3) is 0.892. The number of carbonyl (C=O) groups is 2. The van der Waals surface area contributed by atoms with Gasteiger partial charge in [-0.3, -0.25) is 18.6 Å². The zero-order chi connectivity index (χ0) is 36.4. The van der Waals surface area contributed by atoms with Gasteiger partial charge in [-0.15, -0.1) is 0 Å². The summed E-state index contributed by atoms with van der Waals surface area (Å²) >= 11 is 0. The van der Waals surface area contributed by atoms with Crippen molar-refractivity contribution < 1.29 is 47.4 Å². The number of esters is 2. The van der Waals surface area contributed by atoms with Crippen LogP contribution in [0.25, 0.3) is 0 Å². The summed E-state index contributed by atoms with van der Waals surface area (Å²) in [6.07, 6.45) is 27.8. The van der Waals surface area contributed by atoms with Gasteiger partial charge in [0.05, 0.1) is 19.5 Å². The van der Waals surface area contributed by atoms with E-state index in [2.05, 4.69) is 13.8 Å². The van der Waals surface area contributed by atoms with Gasteiger partial charge in [-0.05, 0) is 32.3 Å². The van der Waals surface area contributed by atoms with Crippen molar-refractivity contribution in [1.29, 1.82) is 0 Å². The third-order valence-corrected chi connectivity index (χ3v) is 9.08. The topological polar surface area (TPSA) is 164 Å². The Hall–Kier alpha value is -1.49. The number of hydrogen-bond acceptors (Lipinski definition) is 10. The van der Waals surface area contributed by atoms with Crippen molar-refractivity contribution in [2.75, 3.05) is 26.4 Å². The number of nitrogens with two attached hydrogens (primary N) is 1. The van der Waals surface area contributed by atoms with Gasteiger partial charge in [0.1, 0.15) is 25.4 Å². The fourth-order valence-corrected chi connectivity index (χ4v) is 5.89. The molecule has 0 aromatic heterocycles. The van der Waals surface area contributed by atoms with Crippen molar-refractivity contribution in [1.82, 2.24) is 0 Å². The van der Waals surface area contributed by atoms with Gasteiger partial charge in [-0.2, -0.15) is 0 Å². The Morgan fingerprint density at radius 2 is 1.16 bits per heavy atom. The molecule has 49 heavy (non-hydrogen) atoms. The van der Waals surface area contributed by atoms with Crippen LogP contribution in [0.1, 0.15) is 168 Å². The lowest BCUT2D eigenvalue weighted by Gasteiger charge is -2.20. The lowest BCUT2D eigenvalue weighted by atomic mass is 10.1. The summed E-state index contributed by atoms with van der Waals surface area (Å²) < 4.78 is 38.2. The average Bonchev–Trinajstić information content (AvgIpc) is 3.07. The number of phosphoric ester groups is 1. The number of ether oxygens (including phenoxy) is 3. The molecule has 4 N–H and O–H groups in total. The molecule has 0 bridgehead atoms. The molecule has 12 heteroatoms. The number of unbranched alkanes of at least 4 members (excludes halogenated alkanes) is 20. The number of rotatable bonds is 36. The van der Waals surface area contributed by atoms with E-state index in [1.54, 1.807) is 6.26 Å². The Kier molecular flexibility index (Phi) is 32.6. The number of aliphatic hydroxyl groups is 1. The second-order valence-electron chi connectivity index (χ2n) is 13.2. The van der Waals surface area contributed by atoms with Gasteiger partial charge in [0.15, 0.2) is 6.10 Å². The molecule has 290 valence electrons. The first-order valence-corrected chi connectivity index (χ1v) is 20.8. The fourth-order valence-electron chi connectivity index (χ4n) is 5.10. The van der Waals surface area contributed by atoms with E-state index in [1.807, 2.05) is 6.08 Å². The van der Waals surface area contributed by atoms with Crippen LogP contribution in [0.15, 0.2) is 12.3 Å². The van der Waals surface area contributed by atoms with Crippen LogP contribution in [0.5, 0.6) is 0 Å². The van der Waals surface area contributed by atoms with Gasteiger partial charge in [0, 0.05) is 6.42 Å². The maximum absolute atomic E-state index is 12.6. The van der Waals surface area contributed by atoms with Crippen molar-refractivity contribution >= 4 is 19.8 Å². The highest BCUT2D eigenvalue weighted by atomic mass is 31.2. The van der Waals surface area contributed by atoms with E-state index in [-0.39, 0.29) is 13.0 Å². The SMILES string of the molecule is CCCCCCCCCCCC/C=C\OC[C@H](COP(=O)(O)OCC(O)COC(=O)[C@H](C)N)OC(=O)CCCCCCCCCCCCC. The lowest BCUT2D eigenvalue weighted by molar-refractivity contribution is -0.153. The van der Waals surface area contributed by atoms with Crippen LogP contribution < -0.4 is 5.73 Å². The summed E-state index contributed by atoms with van der Waals surface area (Å²) in [5.41, 5.74) is 5.40. The molecule has 0 saturated carbocycles. The molecule has 0 fully saturated rings. The molecular formula is C37H72NO10P. The standard InChI is InChI=1S/C37H72NO10P/c1-4-6-8-10-12-14-16-18-20-22-24-26-28-44-31-35(32-47-49(42,43)46-30-34(39)29-45-37(41)33(3)38)48-36(40)27-25-23-21-19-17-15-13-11-9-7-5-2/h26,28,33-35,39H,4-25,27,29-32,38H2,1-3H3,(H,42,43)/b28-26-/t33-,34?,35+/m0/s1. The molecule has 0 heterocycles. The van der Waals surface area contributed by atoms with Crippen LogP contribution >= 0.6 is 7.82 Å². The van der Waals surface area contributed by atoms with E-state index in [1.165, 1.54) is 110 Å². The molecule has 0 spiro atoms. The van der Waals surface area contributed by atoms with Gasteiger partial charge in [-0.25, -0.2) is 4.57 Å². The lowest BCUT2D eigenvalue weighted by Crippen LogP contribution is -2.32. The van der Waals surface area contributed by atoms with E-state index < -0.39 is 57.8 Å². The molecule has 0 aromatic carbocycles. The van der Waals surface area contributed by atoms with Crippen molar-refractivity contribution in [2.45, 2.75) is 187 Å². The molecule has 0 rings (SSSR count).